The average Bonchev–Trinajstić information content (AvgIpc) is 2.35. The number of carbonyl (C=O) groups is 1. The molecule has 1 heterocycles. The predicted molar refractivity (Wildman–Crippen MR) is 74.4 cm³/mol. The highest BCUT2D eigenvalue weighted by Crippen LogP contribution is 2.35. The Bertz CT molecular complexity index is 272. The molecule has 1 aliphatic heterocycles. The van der Waals surface area contributed by atoms with Crippen LogP contribution in [-0.4, -0.2) is 36.5 Å². The molecule has 2 fully saturated rings. The summed E-state index contributed by atoms with van der Waals surface area (Å²) >= 11 is 0. The lowest BCUT2D eigenvalue weighted by molar-refractivity contribution is -0.134. The number of nitrogens with one attached hydrogen (secondary N) is 1. The Kier molecular flexibility index (Phi) is 5.04. The van der Waals surface area contributed by atoms with Gasteiger partial charge >= 0.3 is 0 Å². The molecule has 0 radical (unpaired) electrons. The van der Waals surface area contributed by atoms with Crippen molar-refractivity contribution in [3.05, 3.63) is 0 Å². The molecule has 1 N–H and O–H groups in total. The molecule has 0 spiro atoms. The number of hydrogen-bond donors (Lipinski definition) is 1. The topological polar surface area (TPSA) is 32.3 Å². The number of amides is 1. The van der Waals surface area contributed by atoms with Gasteiger partial charge in [-0.25, -0.2) is 0 Å². The first-order valence-corrected chi connectivity index (χ1v) is 7.76. The van der Waals surface area contributed by atoms with Crippen molar-refractivity contribution in [1.82, 2.24) is 10.2 Å². The van der Waals surface area contributed by atoms with Crippen LogP contribution >= 0.6 is 0 Å². The van der Waals surface area contributed by atoms with Gasteiger partial charge in [0.2, 0.25) is 5.91 Å². The van der Waals surface area contributed by atoms with E-state index < -0.39 is 0 Å². The number of piperidine rings is 1. The van der Waals surface area contributed by atoms with Crippen LogP contribution in [0.15, 0.2) is 0 Å². The third kappa shape index (κ3) is 3.25. The van der Waals surface area contributed by atoms with Crippen LogP contribution < -0.4 is 5.32 Å². The molecule has 0 aromatic rings. The van der Waals surface area contributed by atoms with Crippen LogP contribution in [0.3, 0.4) is 0 Å². The minimum absolute atomic E-state index is 0.0868. The maximum Gasteiger partial charge on any atom is 0.239 e. The van der Waals surface area contributed by atoms with E-state index in [-0.39, 0.29) is 6.04 Å². The molecule has 18 heavy (non-hydrogen) atoms. The van der Waals surface area contributed by atoms with Crippen molar-refractivity contribution in [1.29, 1.82) is 0 Å². The van der Waals surface area contributed by atoms with E-state index in [1.54, 1.807) is 0 Å². The number of rotatable bonds is 5. The van der Waals surface area contributed by atoms with Crippen LogP contribution in [0.4, 0.5) is 0 Å². The van der Waals surface area contributed by atoms with Gasteiger partial charge in [0.25, 0.3) is 0 Å². The molecule has 3 nitrogen and oxygen atoms in total. The van der Waals surface area contributed by atoms with Gasteiger partial charge in [-0.05, 0) is 51.5 Å². The minimum atomic E-state index is 0.0868. The summed E-state index contributed by atoms with van der Waals surface area (Å²) in [5.74, 6) is 2.07. The molecule has 3 heteroatoms. The second-order valence-electron chi connectivity index (χ2n) is 5.94. The predicted octanol–water partition coefficient (Wildman–Crippen LogP) is 2.41. The summed E-state index contributed by atoms with van der Waals surface area (Å²) in [6.45, 7) is 6.82. The van der Waals surface area contributed by atoms with Gasteiger partial charge in [-0.15, -0.1) is 0 Å². The Labute approximate surface area is 111 Å². The Hall–Kier alpha value is -0.570. The summed E-state index contributed by atoms with van der Waals surface area (Å²) in [4.78, 5) is 14.3. The van der Waals surface area contributed by atoms with E-state index in [0.717, 1.165) is 37.9 Å². The van der Waals surface area contributed by atoms with Crippen LogP contribution in [0.2, 0.25) is 0 Å². The molecule has 1 amide bonds. The van der Waals surface area contributed by atoms with Crippen LogP contribution in [-0.2, 0) is 4.79 Å². The zero-order chi connectivity index (χ0) is 13.0. The fourth-order valence-corrected chi connectivity index (χ4v) is 3.35. The van der Waals surface area contributed by atoms with Gasteiger partial charge in [0.1, 0.15) is 0 Å². The summed E-state index contributed by atoms with van der Waals surface area (Å²) in [6, 6.07) is 0.0868. The largest absolute Gasteiger partial charge is 0.342 e. The quantitative estimate of drug-likeness (QED) is 0.815. The minimum Gasteiger partial charge on any atom is -0.342 e. The summed E-state index contributed by atoms with van der Waals surface area (Å²) in [5.41, 5.74) is 0. The van der Waals surface area contributed by atoms with Gasteiger partial charge in [-0.1, -0.05) is 19.3 Å². The van der Waals surface area contributed by atoms with E-state index in [1.165, 1.54) is 32.1 Å². The molecule has 2 aliphatic rings. The number of carbonyl (C=O) groups excluding carboxylic acids is 1. The highest BCUT2D eigenvalue weighted by atomic mass is 16.2. The smallest absolute Gasteiger partial charge is 0.239 e. The maximum absolute atomic E-state index is 12.3. The zero-order valence-electron chi connectivity index (χ0n) is 12.0. The normalized spacial score (nSPS) is 28.8. The van der Waals surface area contributed by atoms with E-state index in [4.69, 9.17) is 0 Å². The van der Waals surface area contributed by atoms with E-state index in [2.05, 4.69) is 19.2 Å². The summed E-state index contributed by atoms with van der Waals surface area (Å²) < 4.78 is 0. The SMILES string of the molecule is CCN(CC)C(=O)C1CC(CC2CCC2)CCN1. The van der Waals surface area contributed by atoms with Crippen molar-refractivity contribution in [2.75, 3.05) is 19.6 Å². The Balaban J connectivity index is 1.83. The van der Waals surface area contributed by atoms with Gasteiger partial charge in [0.15, 0.2) is 0 Å². The Morgan fingerprint density at radius 1 is 1.17 bits per heavy atom. The molecule has 104 valence electrons. The summed E-state index contributed by atoms with van der Waals surface area (Å²) in [6.07, 6.45) is 7.97. The van der Waals surface area contributed by atoms with Crippen molar-refractivity contribution in [2.24, 2.45) is 11.8 Å². The zero-order valence-corrected chi connectivity index (χ0v) is 12.0. The van der Waals surface area contributed by atoms with Crippen molar-refractivity contribution in [2.45, 2.75) is 58.4 Å². The monoisotopic (exact) mass is 252 g/mol. The average molecular weight is 252 g/mol. The molecule has 1 saturated carbocycles. The van der Waals surface area contributed by atoms with Gasteiger partial charge in [-0.3, -0.25) is 4.79 Å². The molecule has 0 bridgehead atoms. The van der Waals surface area contributed by atoms with E-state index >= 15 is 0 Å². The van der Waals surface area contributed by atoms with E-state index in [0.29, 0.717) is 5.91 Å². The van der Waals surface area contributed by atoms with Crippen molar-refractivity contribution < 1.29 is 4.79 Å². The molecule has 2 atom stereocenters. The first-order chi connectivity index (χ1) is 8.74. The second-order valence-corrected chi connectivity index (χ2v) is 5.94. The first kappa shape index (κ1) is 13.9. The van der Waals surface area contributed by atoms with Crippen molar-refractivity contribution >= 4 is 5.91 Å². The van der Waals surface area contributed by atoms with Gasteiger partial charge in [-0.2, -0.15) is 0 Å². The lowest BCUT2D eigenvalue weighted by Crippen LogP contribution is -2.50. The Morgan fingerprint density at radius 2 is 1.89 bits per heavy atom. The van der Waals surface area contributed by atoms with Gasteiger partial charge < -0.3 is 10.2 Å². The molecule has 2 unspecified atom stereocenters. The molecule has 2 rings (SSSR count). The third-order valence-corrected chi connectivity index (χ3v) is 4.78. The highest BCUT2D eigenvalue weighted by molar-refractivity contribution is 5.82. The lowest BCUT2D eigenvalue weighted by Gasteiger charge is -2.36. The molecule has 0 aromatic heterocycles. The third-order valence-electron chi connectivity index (χ3n) is 4.78. The van der Waals surface area contributed by atoms with E-state index in [9.17, 15) is 4.79 Å². The fourth-order valence-electron chi connectivity index (χ4n) is 3.35. The van der Waals surface area contributed by atoms with E-state index in [1.807, 2.05) is 4.90 Å². The number of likely N-dealkylation sites (N-methyl/N-ethyl adjacent to an activating group) is 1. The van der Waals surface area contributed by atoms with Crippen LogP contribution in [0.25, 0.3) is 0 Å². The molecule has 0 aromatic carbocycles. The standard InChI is InChI=1S/C15H28N2O/c1-3-17(4-2)15(18)14-11-13(8-9-16-14)10-12-6-5-7-12/h12-14,16H,3-11H2,1-2H3. The highest BCUT2D eigenvalue weighted by Gasteiger charge is 2.31. The van der Waals surface area contributed by atoms with Crippen molar-refractivity contribution in [3.63, 3.8) is 0 Å². The maximum atomic E-state index is 12.3. The number of hydrogen-bond acceptors (Lipinski definition) is 2. The molecular weight excluding hydrogens is 224 g/mol. The van der Waals surface area contributed by atoms with Crippen LogP contribution in [0.1, 0.15) is 52.4 Å². The van der Waals surface area contributed by atoms with Gasteiger partial charge in [0.05, 0.1) is 6.04 Å². The van der Waals surface area contributed by atoms with Crippen LogP contribution in [0, 0.1) is 11.8 Å². The molecular formula is C15H28N2O. The van der Waals surface area contributed by atoms with Crippen molar-refractivity contribution in [3.8, 4) is 0 Å². The summed E-state index contributed by atoms with van der Waals surface area (Å²) in [7, 11) is 0. The fraction of sp³-hybridized carbons (Fsp3) is 0.933. The van der Waals surface area contributed by atoms with Crippen LogP contribution in [0.5, 0.6) is 0 Å². The van der Waals surface area contributed by atoms with Gasteiger partial charge in [0, 0.05) is 13.1 Å². The lowest BCUT2D eigenvalue weighted by atomic mass is 9.75. The summed E-state index contributed by atoms with van der Waals surface area (Å²) in [5, 5.41) is 3.42. The first-order valence-electron chi connectivity index (χ1n) is 7.76. The molecule has 1 saturated heterocycles. The molecule has 1 aliphatic carbocycles. The number of nitrogens with zero attached hydrogens (tertiary/aromatic N) is 1. The second kappa shape index (κ2) is 6.55. The Morgan fingerprint density at radius 3 is 2.44 bits per heavy atom.